The number of methoxy groups -OCH3 is 1. The van der Waals surface area contributed by atoms with E-state index in [1.54, 1.807) is 19.2 Å². The van der Waals surface area contributed by atoms with Crippen molar-refractivity contribution >= 4 is 62.1 Å². The van der Waals surface area contributed by atoms with Crippen LogP contribution in [0.25, 0.3) is 0 Å². The zero-order chi connectivity index (χ0) is 28.4. The van der Waals surface area contributed by atoms with Crippen LogP contribution in [0.4, 0.5) is 11.4 Å². The number of benzene rings is 4. The molecule has 1 atom stereocenters. The highest BCUT2D eigenvalue weighted by Gasteiger charge is 2.40. The zero-order valence-corrected chi connectivity index (χ0v) is 25.2. The summed E-state index contributed by atoms with van der Waals surface area (Å²) in [6.45, 7) is 3.80. The Labute approximate surface area is 251 Å². The number of halogens is 3. The fraction of sp³-hybridized carbons (Fsp3) is 0.161. The van der Waals surface area contributed by atoms with Crippen molar-refractivity contribution < 1.29 is 14.3 Å². The first-order valence-corrected chi connectivity index (χ1v) is 14.1. The summed E-state index contributed by atoms with van der Waals surface area (Å²) in [6, 6.07) is 26.7. The van der Waals surface area contributed by atoms with Gasteiger partial charge in [-0.2, -0.15) is 0 Å². The summed E-state index contributed by atoms with van der Waals surface area (Å²) < 4.78 is 12.6. The topological polar surface area (TPSA) is 54.4 Å². The van der Waals surface area contributed by atoms with E-state index in [-0.39, 0.29) is 12.4 Å². The second kappa shape index (κ2) is 11.9. The van der Waals surface area contributed by atoms with Crippen molar-refractivity contribution in [3.05, 3.63) is 116 Å². The Balaban J connectivity index is 1.62. The SMILES string of the molecule is COc1cc([C@@H]2N(c3ccc(Cl)cc3)N=C(C(C)=O)N2c2cccc(C)c2)cc(Br)c1OCc1ccccc1Cl. The Kier molecular flexibility index (Phi) is 8.35. The van der Waals surface area contributed by atoms with E-state index in [0.29, 0.717) is 31.9 Å². The molecule has 204 valence electrons. The van der Waals surface area contributed by atoms with Crippen LogP contribution in [0.3, 0.4) is 0 Å². The predicted octanol–water partition coefficient (Wildman–Crippen LogP) is 8.58. The molecule has 9 heteroatoms. The van der Waals surface area contributed by atoms with E-state index >= 15 is 0 Å². The van der Waals surface area contributed by atoms with Crippen molar-refractivity contribution in [2.75, 3.05) is 17.0 Å². The Morgan fingerprint density at radius 1 is 0.975 bits per heavy atom. The lowest BCUT2D eigenvalue weighted by molar-refractivity contribution is -0.111. The number of Topliss-reactive ketones (excluding diaryl/α,β-unsaturated/α-hetero) is 1. The summed E-state index contributed by atoms with van der Waals surface area (Å²) in [4.78, 5) is 14.9. The lowest BCUT2D eigenvalue weighted by atomic mass is 10.1. The highest BCUT2D eigenvalue weighted by Crippen LogP contribution is 2.45. The van der Waals surface area contributed by atoms with Crippen LogP contribution in [0.15, 0.2) is 94.5 Å². The molecule has 0 unspecified atom stereocenters. The van der Waals surface area contributed by atoms with Gasteiger partial charge in [-0.3, -0.25) is 9.69 Å². The monoisotopic (exact) mass is 637 g/mol. The largest absolute Gasteiger partial charge is 0.493 e. The number of carbonyl (C=O) groups is 1. The molecule has 1 aliphatic rings. The molecule has 0 saturated heterocycles. The smallest absolute Gasteiger partial charge is 0.198 e. The standard InChI is InChI=1S/C31H26BrCl2N3O3/c1-19-7-6-9-25(15-19)36-30(20(2)38)35-37(24-13-11-23(33)12-14-24)31(36)22-16-26(32)29(28(17-22)39-3)40-18-21-8-4-5-10-27(21)34/h4-17,31H,18H2,1-3H3/t31-/m0/s1. The number of nitrogens with zero attached hydrogens (tertiary/aromatic N) is 3. The summed E-state index contributed by atoms with van der Waals surface area (Å²) in [5.41, 5.74) is 4.36. The van der Waals surface area contributed by atoms with E-state index in [0.717, 1.165) is 28.1 Å². The highest BCUT2D eigenvalue weighted by molar-refractivity contribution is 9.10. The van der Waals surface area contributed by atoms with Gasteiger partial charge >= 0.3 is 0 Å². The third kappa shape index (κ3) is 5.68. The van der Waals surface area contributed by atoms with Crippen LogP contribution in [0.1, 0.15) is 29.8 Å². The van der Waals surface area contributed by atoms with E-state index in [9.17, 15) is 4.79 Å². The first-order chi connectivity index (χ1) is 19.3. The fourth-order valence-electron chi connectivity index (χ4n) is 4.59. The number of anilines is 2. The van der Waals surface area contributed by atoms with Gasteiger partial charge in [-0.15, -0.1) is 5.10 Å². The number of hydrogen-bond donors (Lipinski definition) is 0. The average Bonchev–Trinajstić information content (AvgIpc) is 3.34. The molecule has 40 heavy (non-hydrogen) atoms. The second-order valence-corrected chi connectivity index (χ2v) is 11.0. The summed E-state index contributed by atoms with van der Waals surface area (Å²) >= 11 is 16.2. The van der Waals surface area contributed by atoms with Crippen molar-refractivity contribution in [2.24, 2.45) is 5.10 Å². The van der Waals surface area contributed by atoms with Gasteiger partial charge in [0.25, 0.3) is 0 Å². The molecule has 0 fully saturated rings. The van der Waals surface area contributed by atoms with Gasteiger partial charge in [-0.1, -0.05) is 53.5 Å². The molecule has 6 nitrogen and oxygen atoms in total. The van der Waals surface area contributed by atoms with E-state index in [1.165, 1.54) is 6.92 Å². The van der Waals surface area contributed by atoms with Gasteiger partial charge in [0, 0.05) is 33.8 Å². The molecule has 0 amide bonds. The molecule has 1 heterocycles. The molecule has 0 N–H and O–H groups in total. The fourth-order valence-corrected chi connectivity index (χ4v) is 5.48. The molecule has 0 radical (unpaired) electrons. The summed E-state index contributed by atoms with van der Waals surface area (Å²) in [5, 5.41) is 7.86. The maximum atomic E-state index is 12.9. The number of hydrazone groups is 1. The van der Waals surface area contributed by atoms with Gasteiger partial charge in [-0.25, -0.2) is 5.01 Å². The molecule has 1 aliphatic heterocycles. The predicted molar refractivity (Wildman–Crippen MR) is 165 cm³/mol. The van der Waals surface area contributed by atoms with Crippen LogP contribution in [-0.4, -0.2) is 18.7 Å². The average molecular weight is 639 g/mol. The lowest BCUT2D eigenvalue weighted by Gasteiger charge is -2.32. The quantitative estimate of drug-likeness (QED) is 0.193. The summed E-state index contributed by atoms with van der Waals surface area (Å²) in [7, 11) is 1.59. The first kappa shape index (κ1) is 28.0. The molecule has 4 aromatic carbocycles. The van der Waals surface area contributed by atoms with Crippen molar-refractivity contribution in [3.8, 4) is 11.5 Å². The Morgan fingerprint density at radius 3 is 2.40 bits per heavy atom. The molecule has 0 bridgehead atoms. The van der Waals surface area contributed by atoms with Crippen molar-refractivity contribution in [2.45, 2.75) is 26.6 Å². The molecule has 0 saturated carbocycles. The third-order valence-electron chi connectivity index (χ3n) is 6.47. The van der Waals surface area contributed by atoms with E-state index < -0.39 is 6.17 Å². The van der Waals surface area contributed by atoms with Crippen LogP contribution >= 0.6 is 39.1 Å². The van der Waals surface area contributed by atoms with Gasteiger partial charge in [0.05, 0.1) is 17.3 Å². The van der Waals surface area contributed by atoms with Gasteiger partial charge in [0.2, 0.25) is 0 Å². The Morgan fingerprint density at radius 2 is 1.73 bits per heavy atom. The minimum atomic E-state index is -0.510. The Hall–Kier alpha value is -3.52. The molecule has 5 rings (SSSR count). The zero-order valence-electron chi connectivity index (χ0n) is 22.1. The number of ether oxygens (including phenoxy) is 2. The van der Waals surface area contributed by atoms with Crippen LogP contribution in [0, 0.1) is 6.92 Å². The molecular weight excluding hydrogens is 613 g/mol. The number of aryl methyl sites for hydroxylation is 1. The summed E-state index contributed by atoms with van der Waals surface area (Å²) in [5.74, 6) is 1.22. The minimum absolute atomic E-state index is 0.159. The number of rotatable bonds is 8. The van der Waals surface area contributed by atoms with Gasteiger partial charge in [-0.05, 0) is 83.0 Å². The van der Waals surface area contributed by atoms with Crippen LogP contribution < -0.4 is 19.4 Å². The van der Waals surface area contributed by atoms with Crippen molar-refractivity contribution in [3.63, 3.8) is 0 Å². The van der Waals surface area contributed by atoms with Gasteiger partial charge in [0.1, 0.15) is 6.61 Å². The van der Waals surface area contributed by atoms with Gasteiger partial charge in [0.15, 0.2) is 29.3 Å². The highest BCUT2D eigenvalue weighted by atomic mass is 79.9. The number of amidine groups is 1. The maximum Gasteiger partial charge on any atom is 0.198 e. The molecular formula is C31H26BrCl2N3O3. The van der Waals surface area contributed by atoms with Crippen molar-refractivity contribution in [1.82, 2.24) is 0 Å². The van der Waals surface area contributed by atoms with Crippen LogP contribution in [-0.2, 0) is 11.4 Å². The van der Waals surface area contributed by atoms with Gasteiger partial charge < -0.3 is 9.47 Å². The molecule has 4 aromatic rings. The maximum absolute atomic E-state index is 12.9. The first-order valence-electron chi connectivity index (χ1n) is 12.5. The van der Waals surface area contributed by atoms with Crippen LogP contribution in [0.5, 0.6) is 11.5 Å². The minimum Gasteiger partial charge on any atom is -0.493 e. The lowest BCUT2D eigenvalue weighted by Crippen LogP contribution is -2.37. The van der Waals surface area contributed by atoms with E-state index in [1.807, 2.05) is 89.6 Å². The van der Waals surface area contributed by atoms with E-state index in [4.69, 9.17) is 37.8 Å². The Bertz CT molecular complexity index is 1590. The molecule has 0 spiro atoms. The van der Waals surface area contributed by atoms with Crippen molar-refractivity contribution in [1.29, 1.82) is 0 Å². The number of hydrogen-bond acceptors (Lipinski definition) is 6. The van der Waals surface area contributed by atoms with Crippen LogP contribution in [0.2, 0.25) is 10.0 Å². The second-order valence-electron chi connectivity index (χ2n) is 9.30. The molecule has 0 aromatic heterocycles. The summed E-state index contributed by atoms with van der Waals surface area (Å²) in [6.07, 6.45) is -0.510. The number of ketones is 1. The number of carbonyl (C=O) groups excluding carboxylic acids is 1. The molecule has 0 aliphatic carbocycles. The van der Waals surface area contributed by atoms with E-state index in [2.05, 4.69) is 15.9 Å². The third-order valence-corrected chi connectivity index (χ3v) is 7.68. The normalized spacial score (nSPS) is 14.8.